The standard InChI is InChI=1S/C49H25N5S/c1-2-8-29(9-3-1)47-50-48(33-21-19-28-17-16-26-10-6-11-27-18-20-31(33)41(28)40(26)27)52-49(51-47)54-36-15-7-14-35-42(36)43-37(54)23-25-38-44(43)45-39(55-38)24-22-32-30-12-4-5-13-34(30)53(35)46(32)45/h1-25H. The second-order valence-electron chi connectivity index (χ2n) is 14.7. The van der Waals surface area contributed by atoms with Crippen molar-refractivity contribution in [3.05, 3.63) is 152 Å². The van der Waals surface area contributed by atoms with Gasteiger partial charge in [0.15, 0.2) is 11.6 Å². The highest BCUT2D eigenvalue weighted by Gasteiger charge is 2.27. The number of para-hydroxylation sites is 1. The molecule has 14 aromatic rings. The number of nitrogens with zero attached hydrogens (tertiary/aromatic N) is 5. The first-order valence-electron chi connectivity index (χ1n) is 18.6. The Hall–Kier alpha value is -7.15. The van der Waals surface area contributed by atoms with Crippen LogP contribution >= 0.6 is 11.3 Å². The summed E-state index contributed by atoms with van der Waals surface area (Å²) < 4.78 is 7.37. The Labute approximate surface area is 316 Å². The van der Waals surface area contributed by atoms with Crippen LogP contribution in [0.15, 0.2) is 152 Å². The predicted octanol–water partition coefficient (Wildman–Crippen LogP) is 13.0. The van der Waals surface area contributed by atoms with Gasteiger partial charge in [-0.3, -0.25) is 4.57 Å². The van der Waals surface area contributed by atoms with E-state index in [-0.39, 0.29) is 0 Å². The van der Waals surface area contributed by atoms with E-state index >= 15 is 0 Å². The Morgan fingerprint density at radius 2 is 1.05 bits per heavy atom. The van der Waals surface area contributed by atoms with Crippen LogP contribution in [0.4, 0.5) is 0 Å². The van der Waals surface area contributed by atoms with Crippen molar-refractivity contribution in [2.75, 3.05) is 0 Å². The van der Waals surface area contributed by atoms with E-state index in [0.29, 0.717) is 17.6 Å². The minimum atomic E-state index is 0.605. The summed E-state index contributed by atoms with van der Waals surface area (Å²) in [6.45, 7) is 0. The molecule has 55 heavy (non-hydrogen) atoms. The van der Waals surface area contributed by atoms with Crippen LogP contribution in [-0.4, -0.2) is 23.9 Å². The van der Waals surface area contributed by atoms with Gasteiger partial charge in [0.2, 0.25) is 5.95 Å². The number of benzene rings is 9. The lowest BCUT2D eigenvalue weighted by Gasteiger charge is -2.15. The van der Waals surface area contributed by atoms with E-state index in [1.54, 1.807) is 0 Å². The topological polar surface area (TPSA) is 48.0 Å². The average Bonchev–Trinajstić information content (AvgIpc) is 3.87. The summed E-state index contributed by atoms with van der Waals surface area (Å²) in [5.41, 5.74) is 7.79. The molecule has 5 nitrogen and oxygen atoms in total. The van der Waals surface area contributed by atoms with Gasteiger partial charge in [0.05, 0.1) is 27.6 Å². The molecule has 0 aliphatic rings. The van der Waals surface area contributed by atoms with Gasteiger partial charge in [-0.15, -0.1) is 11.3 Å². The molecule has 0 amide bonds. The minimum absolute atomic E-state index is 0.605. The number of fused-ring (bicyclic) bond motifs is 4. The van der Waals surface area contributed by atoms with Crippen LogP contribution in [0.3, 0.4) is 0 Å². The zero-order chi connectivity index (χ0) is 35.5. The minimum Gasteiger partial charge on any atom is -0.308 e. The van der Waals surface area contributed by atoms with E-state index in [9.17, 15) is 0 Å². The lowest BCUT2D eigenvalue weighted by atomic mass is 9.92. The van der Waals surface area contributed by atoms with Gasteiger partial charge in [-0.2, -0.15) is 9.97 Å². The van der Waals surface area contributed by atoms with Gasteiger partial charge in [0.25, 0.3) is 0 Å². The largest absolute Gasteiger partial charge is 0.308 e. The molecule has 0 radical (unpaired) electrons. The zero-order valence-corrected chi connectivity index (χ0v) is 29.9. The van der Waals surface area contributed by atoms with Crippen molar-refractivity contribution in [3.63, 3.8) is 0 Å². The van der Waals surface area contributed by atoms with Crippen molar-refractivity contribution in [1.82, 2.24) is 23.9 Å². The fraction of sp³-hybridized carbons (Fsp3) is 0. The third kappa shape index (κ3) is 3.47. The molecule has 5 aromatic heterocycles. The first-order chi connectivity index (χ1) is 27.3. The normalized spacial score (nSPS) is 12.7. The van der Waals surface area contributed by atoms with Crippen LogP contribution in [-0.2, 0) is 0 Å². The number of thiophene rings is 1. The van der Waals surface area contributed by atoms with Gasteiger partial charge >= 0.3 is 0 Å². The van der Waals surface area contributed by atoms with Crippen LogP contribution in [0.1, 0.15) is 0 Å². The molecule has 0 aliphatic heterocycles. The molecule has 0 atom stereocenters. The lowest BCUT2D eigenvalue weighted by molar-refractivity contribution is 0.954. The quantitative estimate of drug-likeness (QED) is 0.171. The summed E-state index contributed by atoms with van der Waals surface area (Å²) in [7, 11) is 0. The van der Waals surface area contributed by atoms with Crippen molar-refractivity contribution >= 4 is 113 Å². The number of aromatic nitrogens is 5. The molecule has 6 heteroatoms. The molecular weight excluding hydrogens is 691 g/mol. The van der Waals surface area contributed by atoms with Gasteiger partial charge < -0.3 is 4.40 Å². The number of hydrogen-bond acceptors (Lipinski definition) is 4. The summed E-state index contributed by atoms with van der Waals surface area (Å²) in [6.07, 6.45) is 0. The Morgan fingerprint density at radius 1 is 0.382 bits per heavy atom. The van der Waals surface area contributed by atoms with Crippen LogP contribution in [0.2, 0.25) is 0 Å². The second kappa shape index (κ2) is 9.88. The maximum Gasteiger partial charge on any atom is 0.238 e. The Bertz CT molecular complexity index is 3870. The SMILES string of the molecule is c1ccc(-c2nc(-c3ccc4ccc5cccc6ccc3c4c56)nc(-n3c4ccc5sc6ccc7c8ccccc8n8c9cccc3c9c4c5c6c78)n2)cc1. The molecular formula is C49H25N5S. The van der Waals surface area contributed by atoms with Crippen LogP contribution in [0, 0.1) is 0 Å². The van der Waals surface area contributed by atoms with Gasteiger partial charge in [0.1, 0.15) is 0 Å². The van der Waals surface area contributed by atoms with Gasteiger partial charge in [0, 0.05) is 52.8 Å². The van der Waals surface area contributed by atoms with Gasteiger partial charge in [-0.05, 0) is 74.8 Å². The second-order valence-corrected chi connectivity index (χ2v) is 15.8. The molecule has 0 saturated carbocycles. The van der Waals surface area contributed by atoms with E-state index in [1.165, 1.54) is 85.2 Å². The predicted molar refractivity (Wildman–Crippen MR) is 230 cm³/mol. The summed E-state index contributed by atoms with van der Waals surface area (Å²) >= 11 is 1.88. The van der Waals surface area contributed by atoms with E-state index in [0.717, 1.165) is 27.5 Å². The summed E-state index contributed by atoms with van der Waals surface area (Å²) in [5.74, 6) is 1.91. The van der Waals surface area contributed by atoms with Crippen molar-refractivity contribution in [3.8, 4) is 28.7 Å². The zero-order valence-electron chi connectivity index (χ0n) is 29.1. The summed E-state index contributed by atoms with van der Waals surface area (Å²) in [5, 5.41) is 15.0. The summed E-state index contributed by atoms with van der Waals surface area (Å²) in [6, 6.07) is 54.9. The van der Waals surface area contributed by atoms with Crippen LogP contribution < -0.4 is 0 Å². The van der Waals surface area contributed by atoms with Crippen molar-refractivity contribution in [2.24, 2.45) is 0 Å². The molecule has 14 rings (SSSR count). The maximum atomic E-state index is 5.44. The highest BCUT2D eigenvalue weighted by molar-refractivity contribution is 7.26. The van der Waals surface area contributed by atoms with Gasteiger partial charge in [-0.25, -0.2) is 4.98 Å². The Kier molecular flexibility index (Phi) is 5.09. The smallest absolute Gasteiger partial charge is 0.238 e. The summed E-state index contributed by atoms with van der Waals surface area (Å²) in [4.78, 5) is 16.0. The first kappa shape index (κ1) is 28.4. The van der Waals surface area contributed by atoms with Crippen molar-refractivity contribution in [1.29, 1.82) is 0 Å². The Balaban J connectivity index is 1.15. The van der Waals surface area contributed by atoms with Crippen LogP contribution in [0.25, 0.3) is 130 Å². The Morgan fingerprint density at radius 3 is 1.96 bits per heavy atom. The van der Waals surface area contributed by atoms with Crippen molar-refractivity contribution in [2.45, 2.75) is 0 Å². The molecule has 9 aromatic carbocycles. The molecule has 0 saturated heterocycles. The molecule has 0 spiro atoms. The monoisotopic (exact) mass is 715 g/mol. The third-order valence-corrected chi connectivity index (χ3v) is 13.2. The van der Waals surface area contributed by atoms with Crippen LogP contribution in [0.5, 0.6) is 0 Å². The van der Waals surface area contributed by atoms with Gasteiger partial charge in [-0.1, -0.05) is 109 Å². The molecule has 0 aliphatic carbocycles. The number of hydrogen-bond donors (Lipinski definition) is 0. The fourth-order valence-corrected chi connectivity index (χ4v) is 10.9. The number of rotatable bonds is 3. The molecule has 0 unspecified atom stereocenters. The molecule has 252 valence electrons. The van der Waals surface area contributed by atoms with E-state index in [4.69, 9.17) is 15.0 Å². The van der Waals surface area contributed by atoms with E-state index in [2.05, 4.69) is 142 Å². The third-order valence-electron chi connectivity index (χ3n) is 12.0. The van der Waals surface area contributed by atoms with Crippen molar-refractivity contribution < 1.29 is 0 Å². The van der Waals surface area contributed by atoms with E-state index < -0.39 is 0 Å². The highest BCUT2D eigenvalue weighted by Crippen LogP contribution is 2.50. The highest BCUT2D eigenvalue weighted by atomic mass is 32.1. The molecule has 0 N–H and O–H groups in total. The van der Waals surface area contributed by atoms with E-state index in [1.807, 2.05) is 29.5 Å². The first-order valence-corrected chi connectivity index (χ1v) is 19.4. The molecule has 5 heterocycles. The fourth-order valence-electron chi connectivity index (χ4n) is 9.81. The molecule has 0 bridgehead atoms. The molecule has 0 fully saturated rings. The lowest BCUT2D eigenvalue weighted by Crippen LogP contribution is -2.06. The average molecular weight is 716 g/mol. The maximum absolute atomic E-state index is 5.44.